The molecule has 0 unspecified atom stereocenters. The van der Waals surface area contributed by atoms with E-state index in [-0.39, 0.29) is 18.9 Å². The molecule has 3 amide bonds. The predicted octanol–water partition coefficient (Wildman–Crippen LogP) is -0.112. The van der Waals surface area contributed by atoms with Crippen molar-refractivity contribution in [1.82, 2.24) is 15.2 Å². The average molecular weight is 261 g/mol. The minimum Gasteiger partial charge on any atom is -0.319 e. The number of nitrogens with one attached hydrogen (secondary N) is 1. The lowest BCUT2D eigenvalue weighted by Crippen LogP contribution is -2.65. The molecule has 0 radical (unpaired) electrons. The molecule has 1 aromatic heterocycles. The lowest BCUT2D eigenvalue weighted by Gasteiger charge is -2.40. The second-order valence-corrected chi connectivity index (χ2v) is 4.95. The molecule has 2 heterocycles. The first-order valence-corrected chi connectivity index (χ1v) is 5.95. The van der Waals surface area contributed by atoms with Gasteiger partial charge in [0, 0.05) is 12.4 Å². The summed E-state index contributed by atoms with van der Waals surface area (Å²) in [6, 6.07) is 3.47. The molecule has 1 N–H and O–H groups in total. The van der Waals surface area contributed by atoms with Gasteiger partial charge in [-0.25, -0.2) is 0 Å². The molecule has 0 saturated carbocycles. The fourth-order valence-electron chi connectivity index (χ4n) is 1.95. The summed E-state index contributed by atoms with van der Waals surface area (Å²) in [5, 5.41) is 2.24. The number of nitrogens with zero attached hydrogens (tertiary/aromatic N) is 2. The maximum absolute atomic E-state index is 12.2. The zero-order valence-corrected chi connectivity index (χ0v) is 10.8. The number of carbonyl (C=O) groups excluding carboxylic acids is 3. The number of piperazine rings is 1. The number of amides is 3. The van der Waals surface area contributed by atoms with Crippen LogP contribution in [0.4, 0.5) is 0 Å². The Labute approximate surface area is 110 Å². The summed E-state index contributed by atoms with van der Waals surface area (Å²) >= 11 is 0. The number of pyridine rings is 1. The standard InChI is InChI=1S/C13H15N3O3/c1-13(2)12(19)15-10(17)8-16(13)11(18)7-9-3-5-14-6-4-9/h3-6H,7-8H2,1-2H3,(H,15,17,19). The van der Waals surface area contributed by atoms with Gasteiger partial charge in [0.25, 0.3) is 5.91 Å². The van der Waals surface area contributed by atoms with Gasteiger partial charge >= 0.3 is 0 Å². The molecule has 2 rings (SSSR count). The SMILES string of the molecule is CC1(C)C(=O)NC(=O)CN1C(=O)Cc1ccncc1. The van der Waals surface area contributed by atoms with Gasteiger partial charge in [0.2, 0.25) is 11.8 Å². The first-order valence-electron chi connectivity index (χ1n) is 5.95. The van der Waals surface area contributed by atoms with E-state index in [0.29, 0.717) is 0 Å². The van der Waals surface area contributed by atoms with Crippen molar-refractivity contribution in [3.8, 4) is 0 Å². The number of rotatable bonds is 2. The minimum atomic E-state index is -1.02. The van der Waals surface area contributed by atoms with Crippen LogP contribution in [0.3, 0.4) is 0 Å². The number of imide groups is 1. The predicted molar refractivity (Wildman–Crippen MR) is 66.9 cm³/mol. The van der Waals surface area contributed by atoms with Crippen LogP contribution in [-0.4, -0.2) is 39.7 Å². The quantitative estimate of drug-likeness (QED) is 0.753. The Morgan fingerprint density at radius 2 is 2.00 bits per heavy atom. The normalized spacial score (nSPS) is 18.1. The first kappa shape index (κ1) is 13.2. The highest BCUT2D eigenvalue weighted by molar-refractivity contribution is 6.06. The summed E-state index contributed by atoms with van der Waals surface area (Å²) in [6.07, 6.45) is 3.34. The van der Waals surface area contributed by atoms with Gasteiger partial charge in [-0.05, 0) is 31.5 Å². The molecule has 19 heavy (non-hydrogen) atoms. The molecule has 6 nitrogen and oxygen atoms in total. The molecule has 1 aliphatic heterocycles. The van der Waals surface area contributed by atoms with Crippen LogP contribution in [0, 0.1) is 0 Å². The Kier molecular flexibility index (Phi) is 3.33. The fraction of sp³-hybridized carbons (Fsp3) is 0.385. The van der Waals surface area contributed by atoms with E-state index < -0.39 is 17.4 Å². The number of hydrogen-bond acceptors (Lipinski definition) is 4. The molecule has 100 valence electrons. The molecule has 0 atom stereocenters. The lowest BCUT2D eigenvalue weighted by atomic mass is 9.97. The number of hydrogen-bond donors (Lipinski definition) is 1. The van der Waals surface area contributed by atoms with Gasteiger partial charge in [-0.2, -0.15) is 0 Å². The van der Waals surface area contributed by atoms with Crippen molar-refractivity contribution in [2.75, 3.05) is 6.54 Å². The molecule has 1 aliphatic rings. The van der Waals surface area contributed by atoms with Crippen molar-refractivity contribution in [2.24, 2.45) is 0 Å². The van der Waals surface area contributed by atoms with Crippen LogP contribution < -0.4 is 5.32 Å². The Morgan fingerprint density at radius 1 is 1.37 bits per heavy atom. The maximum atomic E-state index is 12.2. The Hall–Kier alpha value is -2.24. The van der Waals surface area contributed by atoms with Gasteiger partial charge < -0.3 is 4.90 Å². The molecule has 1 fully saturated rings. The van der Waals surface area contributed by atoms with Gasteiger partial charge in [-0.1, -0.05) is 0 Å². The average Bonchev–Trinajstić information content (AvgIpc) is 2.35. The molecule has 6 heteroatoms. The molecule has 0 aliphatic carbocycles. The van der Waals surface area contributed by atoms with Gasteiger partial charge in [0.15, 0.2) is 0 Å². The number of carbonyl (C=O) groups is 3. The number of aromatic nitrogens is 1. The zero-order chi connectivity index (χ0) is 14.0. The highest BCUT2D eigenvalue weighted by atomic mass is 16.2. The second-order valence-electron chi connectivity index (χ2n) is 4.95. The topological polar surface area (TPSA) is 79.4 Å². The Balaban J connectivity index is 2.17. The van der Waals surface area contributed by atoms with Crippen LogP contribution in [0.5, 0.6) is 0 Å². The Morgan fingerprint density at radius 3 is 2.63 bits per heavy atom. The summed E-state index contributed by atoms with van der Waals surface area (Å²) in [7, 11) is 0. The summed E-state index contributed by atoms with van der Waals surface area (Å²) < 4.78 is 0. The van der Waals surface area contributed by atoms with Crippen molar-refractivity contribution in [1.29, 1.82) is 0 Å². The second kappa shape index (κ2) is 4.79. The summed E-state index contributed by atoms with van der Waals surface area (Å²) in [6.45, 7) is 3.15. The van der Waals surface area contributed by atoms with Crippen LogP contribution in [0.1, 0.15) is 19.4 Å². The third-order valence-electron chi connectivity index (χ3n) is 3.19. The monoisotopic (exact) mass is 261 g/mol. The van der Waals surface area contributed by atoms with Crippen LogP contribution in [0.2, 0.25) is 0 Å². The summed E-state index contributed by atoms with van der Waals surface area (Å²) in [5.74, 6) is -1.15. The van der Waals surface area contributed by atoms with Crippen molar-refractivity contribution >= 4 is 17.7 Å². The van der Waals surface area contributed by atoms with Crippen molar-refractivity contribution < 1.29 is 14.4 Å². The van der Waals surface area contributed by atoms with E-state index in [1.54, 1.807) is 38.4 Å². The highest BCUT2D eigenvalue weighted by Gasteiger charge is 2.43. The lowest BCUT2D eigenvalue weighted by molar-refractivity contribution is -0.155. The van der Waals surface area contributed by atoms with Gasteiger partial charge in [-0.3, -0.25) is 24.7 Å². The smallest absolute Gasteiger partial charge is 0.252 e. The van der Waals surface area contributed by atoms with Gasteiger partial charge in [-0.15, -0.1) is 0 Å². The minimum absolute atomic E-state index is 0.0946. The van der Waals surface area contributed by atoms with E-state index >= 15 is 0 Å². The van der Waals surface area contributed by atoms with Gasteiger partial charge in [0.1, 0.15) is 12.1 Å². The fourth-order valence-corrected chi connectivity index (χ4v) is 1.95. The molecule has 1 aromatic rings. The van der Waals surface area contributed by atoms with Crippen molar-refractivity contribution in [2.45, 2.75) is 25.8 Å². The van der Waals surface area contributed by atoms with E-state index in [1.165, 1.54) is 4.90 Å². The van der Waals surface area contributed by atoms with Crippen LogP contribution >= 0.6 is 0 Å². The van der Waals surface area contributed by atoms with Gasteiger partial charge in [0.05, 0.1) is 6.42 Å². The van der Waals surface area contributed by atoms with E-state index in [0.717, 1.165) is 5.56 Å². The maximum Gasteiger partial charge on any atom is 0.252 e. The highest BCUT2D eigenvalue weighted by Crippen LogP contribution is 2.19. The third-order valence-corrected chi connectivity index (χ3v) is 3.19. The van der Waals surface area contributed by atoms with Crippen LogP contribution in [0.25, 0.3) is 0 Å². The van der Waals surface area contributed by atoms with E-state index in [1.807, 2.05) is 0 Å². The van der Waals surface area contributed by atoms with Crippen molar-refractivity contribution in [3.05, 3.63) is 30.1 Å². The van der Waals surface area contributed by atoms with Crippen LogP contribution in [0.15, 0.2) is 24.5 Å². The van der Waals surface area contributed by atoms with E-state index in [2.05, 4.69) is 10.3 Å². The Bertz CT molecular complexity index is 525. The molecule has 0 aromatic carbocycles. The van der Waals surface area contributed by atoms with E-state index in [9.17, 15) is 14.4 Å². The largest absolute Gasteiger partial charge is 0.319 e. The molecule has 1 saturated heterocycles. The first-order chi connectivity index (χ1) is 8.91. The van der Waals surface area contributed by atoms with E-state index in [4.69, 9.17) is 0 Å². The molecular formula is C13H15N3O3. The zero-order valence-electron chi connectivity index (χ0n) is 10.8. The molecule has 0 spiro atoms. The summed E-state index contributed by atoms with van der Waals surface area (Å²) in [4.78, 5) is 40.6. The third kappa shape index (κ3) is 2.62. The van der Waals surface area contributed by atoms with Crippen molar-refractivity contribution in [3.63, 3.8) is 0 Å². The summed E-state index contributed by atoms with van der Waals surface area (Å²) in [5.41, 5.74) is -0.216. The molecule has 0 bridgehead atoms. The van der Waals surface area contributed by atoms with Crippen LogP contribution in [-0.2, 0) is 20.8 Å². The molecular weight excluding hydrogens is 246 g/mol.